The smallest absolute Gasteiger partial charge is 0.227 e. The molecule has 2 unspecified atom stereocenters. The molecule has 0 aliphatic carbocycles. The molecule has 3 aliphatic rings. The Morgan fingerprint density at radius 1 is 1.06 bits per heavy atom. The average molecular weight is 479 g/mol. The number of amides is 1. The SMILES string of the molecule is O=C(Cc1ccc(Cl)c(Cl)c1)N1CCN(Cc2ncco2)C2COCC(N3CCCC3)[C@H]21. The molecule has 3 fully saturated rings. The zero-order chi connectivity index (χ0) is 22.1. The Hall–Kier alpha value is -1.64. The topological polar surface area (TPSA) is 62.1 Å². The predicted molar refractivity (Wildman–Crippen MR) is 122 cm³/mol. The van der Waals surface area contributed by atoms with Crippen molar-refractivity contribution < 1.29 is 13.9 Å². The first-order valence-electron chi connectivity index (χ1n) is 11.3. The summed E-state index contributed by atoms with van der Waals surface area (Å²) >= 11 is 12.2. The molecule has 1 amide bonds. The van der Waals surface area contributed by atoms with Crippen LogP contribution < -0.4 is 0 Å². The molecule has 1 aromatic heterocycles. The average Bonchev–Trinajstić information content (AvgIpc) is 3.50. The lowest BCUT2D eigenvalue weighted by molar-refractivity contribution is -0.153. The van der Waals surface area contributed by atoms with Gasteiger partial charge in [-0.05, 0) is 43.6 Å². The van der Waals surface area contributed by atoms with Gasteiger partial charge in [-0.25, -0.2) is 4.98 Å². The Bertz CT molecular complexity index is 935. The van der Waals surface area contributed by atoms with Crippen molar-refractivity contribution in [1.82, 2.24) is 19.7 Å². The van der Waals surface area contributed by atoms with Crippen molar-refractivity contribution >= 4 is 29.1 Å². The lowest BCUT2D eigenvalue weighted by Gasteiger charge is -2.54. The molecule has 3 aliphatic heterocycles. The molecular formula is C23H28Cl2N4O3. The number of nitrogens with zero attached hydrogens (tertiary/aromatic N) is 4. The number of benzene rings is 1. The second-order valence-electron chi connectivity index (χ2n) is 8.81. The maximum Gasteiger partial charge on any atom is 0.227 e. The molecule has 0 spiro atoms. The molecule has 0 bridgehead atoms. The third-order valence-corrected chi connectivity index (χ3v) is 7.65. The van der Waals surface area contributed by atoms with Gasteiger partial charge in [0.05, 0.1) is 60.5 Å². The largest absolute Gasteiger partial charge is 0.448 e. The van der Waals surface area contributed by atoms with Gasteiger partial charge in [0.1, 0.15) is 6.26 Å². The van der Waals surface area contributed by atoms with Gasteiger partial charge >= 0.3 is 0 Å². The third-order valence-electron chi connectivity index (χ3n) is 6.91. The first-order chi connectivity index (χ1) is 15.6. The molecule has 4 heterocycles. The van der Waals surface area contributed by atoms with Gasteiger partial charge in [0.25, 0.3) is 0 Å². The zero-order valence-electron chi connectivity index (χ0n) is 18.0. The Morgan fingerprint density at radius 2 is 1.88 bits per heavy atom. The highest BCUT2D eigenvalue weighted by Gasteiger charge is 2.48. The number of piperazine rings is 1. The summed E-state index contributed by atoms with van der Waals surface area (Å²) in [6.07, 6.45) is 5.99. The third kappa shape index (κ3) is 4.54. The van der Waals surface area contributed by atoms with Crippen LogP contribution in [0, 0.1) is 0 Å². The molecule has 7 nitrogen and oxygen atoms in total. The van der Waals surface area contributed by atoms with Crippen LogP contribution in [0.5, 0.6) is 0 Å². The van der Waals surface area contributed by atoms with Crippen molar-refractivity contribution in [3.63, 3.8) is 0 Å². The molecule has 3 saturated heterocycles. The van der Waals surface area contributed by atoms with Gasteiger partial charge < -0.3 is 14.1 Å². The molecule has 0 N–H and O–H groups in total. The molecule has 172 valence electrons. The normalized spacial score (nSPS) is 26.9. The van der Waals surface area contributed by atoms with Gasteiger partial charge in [0, 0.05) is 13.1 Å². The number of hydrogen-bond donors (Lipinski definition) is 0. The van der Waals surface area contributed by atoms with Crippen LogP contribution in [0.2, 0.25) is 10.0 Å². The minimum Gasteiger partial charge on any atom is -0.448 e. The van der Waals surface area contributed by atoms with Crippen LogP contribution in [0.1, 0.15) is 24.3 Å². The van der Waals surface area contributed by atoms with E-state index in [1.807, 2.05) is 6.07 Å². The van der Waals surface area contributed by atoms with Crippen molar-refractivity contribution in [3.05, 3.63) is 52.2 Å². The van der Waals surface area contributed by atoms with Gasteiger partial charge in [-0.3, -0.25) is 14.6 Å². The van der Waals surface area contributed by atoms with Gasteiger partial charge in [-0.1, -0.05) is 29.3 Å². The fraction of sp³-hybridized carbons (Fsp3) is 0.565. The molecule has 3 atom stereocenters. The quantitative estimate of drug-likeness (QED) is 0.657. The number of oxazole rings is 1. The van der Waals surface area contributed by atoms with Crippen LogP contribution in [0.15, 0.2) is 35.1 Å². The van der Waals surface area contributed by atoms with Crippen LogP contribution in [0.3, 0.4) is 0 Å². The van der Waals surface area contributed by atoms with Gasteiger partial charge in [-0.2, -0.15) is 0 Å². The second kappa shape index (κ2) is 9.69. The molecule has 9 heteroatoms. The number of rotatable bonds is 5. The summed E-state index contributed by atoms with van der Waals surface area (Å²) in [6, 6.07) is 5.80. The Kier molecular flexibility index (Phi) is 6.71. The number of fused-ring (bicyclic) bond motifs is 1. The fourth-order valence-corrected chi connectivity index (χ4v) is 5.68. The summed E-state index contributed by atoms with van der Waals surface area (Å²) in [6.45, 7) is 5.44. The molecular weight excluding hydrogens is 451 g/mol. The lowest BCUT2D eigenvalue weighted by Crippen LogP contribution is -2.71. The van der Waals surface area contributed by atoms with Crippen molar-refractivity contribution in [3.8, 4) is 0 Å². The summed E-state index contributed by atoms with van der Waals surface area (Å²) in [5.74, 6) is 0.822. The maximum absolute atomic E-state index is 13.5. The summed E-state index contributed by atoms with van der Waals surface area (Å²) < 4.78 is 11.6. The van der Waals surface area contributed by atoms with Crippen LogP contribution >= 0.6 is 23.2 Å². The monoisotopic (exact) mass is 478 g/mol. The number of halogens is 2. The van der Waals surface area contributed by atoms with Crippen molar-refractivity contribution in [2.24, 2.45) is 0 Å². The molecule has 0 radical (unpaired) electrons. The number of ether oxygens (including phenoxy) is 1. The van der Waals surface area contributed by atoms with Gasteiger partial charge in [0.15, 0.2) is 0 Å². The second-order valence-corrected chi connectivity index (χ2v) is 9.63. The highest BCUT2D eigenvalue weighted by atomic mass is 35.5. The summed E-state index contributed by atoms with van der Waals surface area (Å²) in [7, 11) is 0. The van der Waals surface area contributed by atoms with Crippen LogP contribution in [0.4, 0.5) is 0 Å². The van der Waals surface area contributed by atoms with Crippen molar-refractivity contribution in [2.45, 2.75) is 43.9 Å². The van der Waals surface area contributed by atoms with E-state index in [4.69, 9.17) is 32.4 Å². The van der Waals surface area contributed by atoms with Crippen molar-refractivity contribution in [1.29, 1.82) is 0 Å². The number of aromatic nitrogens is 1. The molecule has 0 saturated carbocycles. The van der Waals surface area contributed by atoms with E-state index in [9.17, 15) is 4.79 Å². The minimum atomic E-state index is 0.0702. The fourth-order valence-electron chi connectivity index (χ4n) is 5.36. The first-order valence-corrected chi connectivity index (χ1v) is 12.0. The predicted octanol–water partition coefficient (Wildman–Crippen LogP) is 3.10. The Labute approximate surface area is 198 Å². The van der Waals surface area contributed by atoms with E-state index in [2.05, 4.69) is 19.7 Å². The van der Waals surface area contributed by atoms with E-state index in [-0.39, 0.29) is 24.0 Å². The molecule has 32 heavy (non-hydrogen) atoms. The van der Waals surface area contributed by atoms with Gasteiger partial charge in [-0.15, -0.1) is 0 Å². The summed E-state index contributed by atoms with van der Waals surface area (Å²) in [5.41, 5.74) is 0.882. The van der Waals surface area contributed by atoms with E-state index in [1.165, 1.54) is 12.8 Å². The van der Waals surface area contributed by atoms with E-state index in [0.29, 0.717) is 48.7 Å². The van der Waals surface area contributed by atoms with E-state index < -0.39 is 0 Å². The van der Waals surface area contributed by atoms with E-state index in [0.717, 1.165) is 25.2 Å². The zero-order valence-corrected chi connectivity index (χ0v) is 19.5. The number of carbonyl (C=O) groups is 1. The number of carbonyl (C=O) groups excluding carboxylic acids is 1. The van der Waals surface area contributed by atoms with Crippen LogP contribution in [-0.4, -0.2) is 83.1 Å². The standard InChI is InChI=1S/C23H28Cl2N4O3/c24-17-4-3-16(11-18(17)25)12-22(30)29-9-8-28(13-21-26-5-10-32-21)20-15-31-14-19(23(20)29)27-6-1-2-7-27/h3-5,10-11,19-20,23H,1-2,6-9,12-15H2/t19?,20?,23-/m1/s1. The van der Waals surface area contributed by atoms with Gasteiger partial charge in [0.2, 0.25) is 11.8 Å². The summed E-state index contributed by atoms with van der Waals surface area (Å²) in [4.78, 5) is 24.8. The number of likely N-dealkylation sites (tertiary alicyclic amines) is 1. The van der Waals surface area contributed by atoms with E-state index >= 15 is 0 Å². The van der Waals surface area contributed by atoms with Crippen LogP contribution in [0.25, 0.3) is 0 Å². The lowest BCUT2D eigenvalue weighted by atomic mass is 9.91. The molecule has 1 aromatic carbocycles. The highest BCUT2D eigenvalue weighted by Crippen LogP contribution is 2.31. The minimum absolute atomic E-state index is 0.0702. The maximum atomic E-state index is 13.5. The molecule has 5 rings (SSSR count). The Balaban J connectivity index is 1.39. The van der Waals surface area contributed by atoms with E-state index in [1.54, 1.807) is 24.6 Å². The summed E-state index contributed by atoms with van der Waals surface area (Å²) in [5, 5.41) is 0.980. The van der Waals surface area contributed by atoms with Crippen LogP contribution in [-0.2, 0) is 22.5 Å². The first kappa shape index (κ1) is 22.2. The van der Waals surface area contributed by atoms with Crippen molar-refractivity contribution in [2.75, 3.05) is 39.4 Å². The number of hydrogen-bond acceptors (Lipinski definition) is 6. The Morgan fingerprint density at radius 3 is 2.62 bits per heavy atom. The molecule has 2 aromatic rings. The highest BCUT2D eigenvalue weighted by molar-refractivity contribution is 6.42.